The van der Waals surface area contributed by atoms with Crippen molar-refractivity contribution in [1.82, 2.24) is 10.2 Å². The molecule has 0 radical (unpaired) electrons. The lowest BCUT2D eigenvalue weighted by Crippen LogP contribution is -2.50. The highest BCUT2D eigenvalue weighted by atomic mass is 16.2. The van der Waals surface area contributed by atoms with Gasteiger partial charge in [0.1, 0.15) is 0 Å². The van der Waals surface area contributed by atoms with Crippen LogP contribution in [0, 0.1) is 11.3 Å². The van der Waals surface area contributed by atoms with Crippen molar-refractivity contribution in [3.05, 3.63) is 0 Å². The summed E-state index contributed by atoms with van der Waals surface area (Å²) in [6, 6.07) is 0.282. The van der Waals surface area contributed by atoms with Crippen LogP contribution in [0.15, 0.2) is 0 Å². The van der Waals surface area contributed by atoms with Crippen molar-refractivity contribution in [3.63, 3.8) is 0 Å². The Morgan fingerprint density at radius 2 is 2.00 bits per heavy atom. The molecule has 94 valence electrons. The number of carbonyl (C=O) groups excluding carboxylic acids is 1. The third-order valence-electron chi connectivity index (χ3n) is 3.98. The zero-order chi connectivity index (χ0) is 12.5. The quantitative estimate of drug-likeness (QED) is 0.779. The number of hydrogen-bond donors (Lipinski definition) is 1. The molecule has 0 aromatic rings. The van der Waals surface area contributed by atoms with Crippen molar-refractivity contribution in [2.24, 2.45) is 11.3 Å². The first kappa shape index (κ1) is 13.5. The minimum atomic E-state index is 0.0230. The van der Waals surface area contributed by atoms with E-state index in [4.69, 9.17) is 0 Å². The smallest absolute Gasteiger partial charge is 0.239 e. The molecule has 0 saturated carbocycles. The molecule has 0 spiro atoms. The van der Waals surface area contributed by atoms with Crippen LogP contribution >= 0.6 is 0 Å². The average Bonchev–Trinajstić information content (AvgIpc) is 2.59. The van der Waals surface area contributed by atoms with E-state index in [0.717, 1.165) is 13.0 Å². The molecule has 1 saturated heterocycles. The Labute approximate surface area is 99.6 Å². The molecule has 1 fully saturated rings. The molecule has 0 bridgehead atoms. The van der Waals surface area contributed by atoms with Crippen LogP contribution in [-0.2, 0) is 4.79 Å². The van der Waals surface area contributed by atoms with Gasteiger partial charge >= 0.3 is 0 Å². The number of hydrogen-bond acceptors (Lipinski definition) is 2. The molecule has 3 unspecified atom stereocenters. The average molecular weight is 226 g/mol. The normalized spacial score (nSPS) is 27.9. The summed E-state index contributed by atoms with van der Waals surface area (Å²) in [7, 11) is 1.92. The summed E-state index contributed by atoms with van der Waals surface area (Å²) in [5, 5.41) is 3.30. The number of carbonyl (C=O) groups is 1. The second-order valence-electron chi connectivity index (χ2n) is 6.19. The van der Waals surface area contributed by atoms with Crippen LogP contribution in [0.25, 0.3) is 0 Å². The molecule has 1 heterocycles. The van der Waals surface area contributed by atoms with E-state index >= 15 is 0 Å². The Morgan fingerprint density at radius 1 is 1.44 bits per heavy atom. The van der Waals surface area contributed by atoms with Gasteiger partial charge in [0.05, 0.1) is 6.04 Å². The van der Waals surface area contributed by atoms with E-state index in [1.54, 1.807) is 0 Å². The molecule has 1 aliphatic rings. The maximum atomic E-state index is 12.3. The van der Waals surface area contributed by atoms with E-state index in [9.17, 15) is 4.79 Å². The van der Waals surface area contributed by atoms with Crippen LogP contribution in [0.5, 0.6) is 0 Å². The van der Waals surface area contributed by atoms with Gasteiger partial charge in [-0.15, -0.1) is 0 Å². The summed E-state index contributed by atoms with van der Waals surface area (Å²) in [6.45, 7) is 11.8. The largest absolute Gasteiger partial charge is 0.341 e. The van der Waals surface area contributed by atoms with Crippen molar-refractivity contribution in [1.29, 1.82) is 0 Å². The highest BCUT2D eigenvalue weighted by Gasteiger charge is 2.35. The predicted octanol–water partition coefficient (Wildman–Crippen LogP) is 1.88. The van der Waals surface area contributed by atoms with Gasteiger partial charge in [0, 0.05) is 13.1 Å². The number of rotatable bonds is 2. The molecule has 0 aromatic heterocycles. The van der Waals surface area contributed by atoms with Crippen molar-refractivity contribution in [3.8, 4) is 0 Å². The van der Waals surface area contributed by atoms with Crippen LogP contribution in [0.1, 0.15) is 41.0 Å². The highest BCUT2D eigenvalue weighted by Crippen LogP contribution is 2.25. The van der Waals surface area contributed by atoms with E-state index < -0.39 is 0 Å². The third-order valence-corrected chi connectivity index (χ3v) is 3.98. The maximum absolute atomic E-state index is 12.3. The number of likely N-dealkylation sites (N-methyl/N-ethyl adjacent to an activating group) is 1. The van der Waals surface area contributed by atoms with Crippen LogP contribution in [0.4, 0.5) is 0 Å². The Kier molecular flexibility index (Phi) is 4.00. The Bertz CT molecular complexity index is 257. The summed E-state index contributed by atoms with van der Waals surface area (Å²) in [4.78, 5) is 14.2. The molecule has 1 rings (SSSR count). The number of nitrogens with zero attached hydrogens (tertiary/aromatic N) is 1. The fourth-order valence-electron chi connectivity index (χ4n) is 2.16. The van der Waals surface area contributed by atoms with Crippen LogP contribution in [0.3, 0.4) is 0 Å². The van der Waals surface area contributed by atoms with Crippen molar-refractivity contribution in [2.45, 2.75) is 53.1 Å². The molecule has 0 aromatic carbocycles. The van der Waals surface area contributed by atoms with Gasteiger partial charge in [-0.2, -0.15) is 0 Å². The van der Waals surface area contributed by atoms with Crippen LogP contribution < -0.4 is 5.32 Å². The molecule has 1 amide bonds. The molecular weight excluding hydrogens is 200 g/mol. The summed E-state index contributed by atoms with van der Waals surface area (Å²) in [6.07, 6.45) is 1.11. The second-order valence-corrected chi connectivity index (χ2v) is 6.19. The Hall–Kier alpha value is -0.570. The zero-order valence-corrected chi connectivity index (χ0v) is 11.5. The lowest BCUT2D eigenvalue weighted by atomic mass is 9.86. The molecule has 1 aliphatic heterocycles. The minimum Gasteiger partial charge on any atom is -0.341 e. The monoisotopic (exact) mass is 226 g/mol. The van der Waals surface area contributed by atoms with Gasteiger partial charge in [0.25, 0.3) is 0 Å². The van der Waals surface area contributed by atoms with E-state index in [0.29, 0.717) is 5.92 Å². The Morgan fingerprint density at radius 3 is 2.38 bits per heavy atom. The minimum absolute atomic E-state index is 0.0230. The summed E-state index contributed by atoms with van der Waals surface area (Å²) < 4.78 is 0. The molecule has 16 heavy (non-hydrogen) atoms. The molecular formula is C13H26N2O. The summed E-state index contributed by atoms with van der Waals surface area (Å²) in [5.41, 5.74) is 0.131. The highest BCUT2D eigenvalue weighted by molar-refractivity contribution is 5.82. The van der Waals surface area contributed by atoms with Gasteiger partial charge in [0.2, 0.25) is 5.91 Å². The molecule has 1 N–H and O–H groups in total. The van der Waals surface area contributed by atoms with Crippen LogP contribution in [0.2, 0.25) is 0 Å². The molecule has 3 atom stereocenters. The lowest BCUT2D eigenvalue weighted by Gasteiger charge is -2.37. The second kappa shape index (κ2) is 4.74. The van der Waals surface area contributed by atoms with E-state index in [1.807, 2.05) is 11.9 Å². The van der Waals surface area contributed by atoms with E-state index in [2.05, 4.69) is 39.9 Å². The summed E-state index contributed by atoms with van der Waals surface area (Å²) in [5.74, 6) is 0.703. The molecule has 0 aliphatic carbocycles. The first-order chi connectivity index (χ1) is 7.25. The topological polar surface area (TPSA) is 32.3 Å². The fourth-order valence-corrected chi connectivity index (χ4v) is 2.16. The maximum Gasteiger partial charge on any atom is 0.239 e. The third kappa shape index (κ3) is 2.76. The van der Waals surface area contributed by atoms with Crippen molar-refractivity contribution < 1.29 is 4.79 Å². The van der Waals surface area contributed by atoms with Gasteiger partial charge in [-0.3, -0.25) is 4.79 Å². The van der Waals surface area contributed by atoms with Crippen molar-refractivity contribution >= 4 is 5.91 Å². The van der Waals surface area contributed by atoms with Gasteiger partial charge < -0.3 is 10.2 Å². The first-order valence-corrected chi connectivity index (χ1v) is 6.25. The van der Waals surface area contributed by atoms with E-state index in [-0.39, 0.29) is 23.4 Å². The van der Waals surface area contributed by atoms with Gasteiger partial charge in [0.15, 0.2) is 0 Å². The van der Waals surface area contributed by atoms with Gasteiger partial charge in [-0.05, 0) is 31.2 Å². The number of nitrogens with one attached hydrogen (secondary N) is 1. The zero-order valence-electron chi connectivity index (χ0n) is 11.5. The SMILES string of the molecule is CC1CCNC1C(=O)N(C)C(C)C(C)(C)C. The van der Waals surface area contributed by atoms with Gasteiger partial charge in [-0.1, -0.05) is 27.7 Å². The van der Waals surface area contributed by atoms with Crippen molar-refractivity contribution in [2.75, 3.05) is 13.6 Å². The standard InChI is InChI=1S/C13H26N2O/c1-9-7-8-14-11(9)12(16)15(6)10(2)13(3,4)5/h9-11,14H,7-8H2,1-6H3. The molecule has 3 heteroatoms. The van der Waals surface area contributed by atoms with E-state index in [1.165, 1.54) is 0 Å². The fraction of sp³-hybridized carbons (Fsp3) is 0.923. The predicted molar refractivity (Wildman–Crippen MR) is 67.3 cm³/mol. The lowest BCUT2D eigenvalue weighted by molar-refractivity contribution is -0.136. The van der Waals surface area contributed by atoms with Crippen LogP contribution in [-0.4, -0.2) is 36.5 Å². The Balaban J connectivity index is 2.67. The van der Waals surface area contributed by atoms with Gasteiger partial charge in [-0.25, -0.2) is 0 Å². The number of amides is 1. The summed E-state index contributed by atoms with van der Waals surface area (Å²) >= 11 is 0. The molecule has 3 nitrogen and oxygen atoms in total. The first-order valence-electron chi connectivity index (χ1n) is 6.25.